The number of aldehydes is 1. The highest BCUT2D eigenvalue weighted by Gasteiger charge is 2.05. The molecule has 0 unspecified atom stereocenters. The number of hydrogen-bond donors (Lipinski definition) is 0. The van der Waals surface area contributed by atoms with Gasteiger partial charge in [-0.2, -0.15) is 0 Å². The number of fused-ring (bicyclic) bond motifs is 1. The van der Waals surface area contributed by atoms with E-state index in [1.807, 2.05) is 47.2 Å². The lowest BCUT2D eigenvalue weighted by atomic mass is 10.1. The van der Waals surface area contributed by atoms with Crippen LogP contribution in [0, 0.1) is 0 Å². The molecule has 3 aromatic rings. The zero-order valence-corrected chi connectivity index (χ0v) is 9.08. The van der Waals surface area contributed by atoms with Gasteiger partial charge in [0.1, 0.15) is 0 Å². The molecule has 3 rings (SSSR count). The molecule has 82 valence electrons. The summed E-state index contributed by atoms with van der Waals surface area (Å²) in [6.45, 7) is 0. The molecule has 0 aliphatic heterocycles. The Kier molecular flexibility index (Phi) is 2.22. The molecule has 0 radical (unpaired) electrons. The molecule has 0 atom stereocenters. The fourth-order valence-electron chi connectivity index (χ4n) is 2.02. The van der Waals surface area contributed by atoms with Crippen LogP contribution in [0.1, 0.15) is 10.4 Å². The molecular formula is C14H10N2O. The Balaban J connectivity index is 2.30. The first-order valence-corrected chi connectivity index (χ1v) is 5.36. The van der Waals surface area contributed by atoms with Crippen molar-refractivity contribution in [2.75, 3.05) is 0 Å². The number of nitrogens with zero attached hydrogens (tertiary/aromatic N) is 2. The van der Waals surface area contributed by atoms with Crippen LogP contribution in [-0.2, 0) is 0 Å². The number of pyridine rings is 1. The lowest BCUT2D eigenvalue weighted by Gasteiger charge is -2.04. The second-order valence-corrected chi connectivity index (χ2v) is 3.79. The Morgan fingerprint density at radius 1 is 1.06 bits per heavy atom. The summed E-state index contributed by atoms with van der Waals surface area (Å²) in [5, 5.41) is 0.972. The molecule has 0 saturated heterocycles. The van der Waals surface area contributed by atoms with E-state index in [9.17, 15) is 4.79 Å². The first-order chi connectivity index (χ1) is 8.40. The maximum atomic E-state index is 10.9. The van der Waals surface area contributed by atoms with Crippen LogP contribution in [0.4, 0.5) is 0 Å². The normalized spacial score (nSPS) is 10.6. The van der Waals surface area contributed by atoms with Crippen molar-refractivity contribution in [3.63, 3.8) is 0 Å². The summed E-state index contributed by atoms with van der Waals surface area (Å²) in [4.78, 5) is 14.9. The first kappa shape index (κ1) is 9.78. The van der Waals surface area contributed by atoms with E-state index in [1.54, 1.807) is 12.4 Å². The van der Waals surface area contributed by atoms with E-state index in [0.717, 1.165) is 28.4 Å². The van der Waals surface area contributed by atoms with Crippen molar-refractivity contribution in [1.82, 2.24) is 9.55 Å². The predicted molar refractivity (Wildman–Crippen MR) is 66.5 cm³/mol. The van der Waals surface area contributed by atoms with Crippen molar-refractivity contribution in [3.05, 3.63) is 60.6 Å². The van der Waals surface area contributed by atoms with Gasteiger partial charge in [0.25, 0.3) is 0 Å². The second-order valence-electron chi connectivity index (χ2n) is 3.79. The van der Waals surface area contributed by atoms with Gasteiger partial charge in [-0.25, -0.2) is 0 Å². The van der Waals surface area contributed by atoms with Crippen LogP contribution in [0.15, 0.2) is 55.0 Å². The van der Waals surface area contributed by atoms with E-state index in [-0.39, 0.29) is 0 Å². The van der Waals surface area contributed by atoms with Crippen LogP contribution in [0.3, 0.4) is 0 Å². The van der Waals surface area contributed by atoms with Crippen LogP contribution >= 0.6 is 0 Å². The molecule has 0 aliphatic carbocycles. The molecule has 2 heterocycles. The first-order valence-electron chi connectivity index (χ1n) is 5.36. The van der Waals surface area contributed by atoms with E-state index in [1.165, 1.54) is 0 Å². The maximum Gasteiger partial charge on any atom is 0.150 e. The molecule has 0 fully saturated rings. The lowest BCUT2D eigenvalue weighted by molar-refractivity contribution is 0.112. The largest absolute Gasteiger partial charge is 0.316 e. The number of hydrogen-bond acceptors (Lipinski definition) is 2. The monoisotopic (exact) mass is 222 g/mol. The Hall–Kier alpha value is -2.42. The minimum atomic E-state index is 0.718. The summed E-state index contributed by atoms with van der Waals surface area (Å²) >= 11 is 0. The van der Waals surface area contributed by atoms with Gasteiger partial charge < -0.3 is 4.57 Å². The van der Waals surface area contributed by atoms with Crippen LogP contribution in [0.2, 0.25) is 0 Å². The SMILES string of the molecule is O=Cc1cccc2c1ccn2-c1ccncc1. The van der Waals surface area contributed by atoms with Gasteiger partial charge in [-0.3, -0.25) is 9.78 Å². The molecule has 0 amide bonds. The average Bonchev–Trinajstić information content (AvgIpc) is 2.83. The molecule has 3 nitrogen and oxygen atoms in total. The van der Waals surface area contributed by atoms with Gasteiger partial charge in [0.05, 0.1) is 5.52 Å². The van der Waals surface area contributed by atoms with Gasteiger partial charge in [-0.05, 0) is 24.3 Å². The van der Waals surface area contributed by atoms with Gasteiger partial charge in [0, 0.05) is 35.2 Å². The van der Waals surface area contributed by atoms with E-state index in [0.29, 0.717) is 0 Å². The summed E-state index contributed by atoms with van der Waals surface area (Å²) < 4.78 is 2.05. The number of benzene rings is 1. The van der Waals surface area contributed by atoms with Crippen molar-refractivity contribution in [3.8, 4) is 5.69 Å². The zero-order valence-electron chi connectivity index (χ0n) is 9.08. The predicted octanol–water partition coefficient (Wildman–Crippen LogP) is 2.84. The van der Waals surface area contributed by atoms with Gasteiger partial charge in [0.15, 0.2) is 6.29 Å². The second kappa shape index (κ2) is 3.87. The molecule has 0 spiro atoms. The van der Waals surface area contributed by atoms with Crippen LogP contribution in [0.25, 0.3) is 16.6 Å². The minimum absolute atomic E-state index is 0.718. The van der Waals surface area contributed by atoms with Gasteiger partial charge in [-0.15, -0.1) is 0 Å². The number of rotatable bonds is 2. The summed E-state index contributed by atoms with van der Waals surface area (Å²) in [5.74, 6) is 0. The molecule has 3 heteroatoms. The third-order valence-corrected chi connectivity index (χ3v) is 2.83. The molecule has 17 heavy (non-hydrogen) atoms. The van der Waals surface area contributed by atoms with E-state index < -0.39 is 0 Å². The molecule has 0 aliphatic rings. The summed E-state index contributed by atoms with van der Waals surface area (Å²) in [5.41, 5.74) is 2.79. The van der Waals surface area contributed by atoms with Crippen LogP contribution in [-0.4, -0.2) is 15.8 Å². The van der Waals surface area contributed by atoms with Gasteiger partial charge in [0.2, 0.25) is 0 Å². The molecular weight excluding hydrogens is 212 g/mol. The van der Waals surface area contributed by atoms with Crippen molar-refractivity contribution in [2.24, 2.45) is 0 Å². The number of carbonyl (C=O) groups excluding carboxylic acids is 1. The Morgan fingerprint density at radius 3 is 2.65 bits per heavy atom. The highest BCUT2D eigenvalue weighted by Crippen LogP contribution is 2.22. The van der Waals surface area contributed by atoms with E-state index >= 15 is 0 Å². The molecule has 0 bridgehead atoms. The summed E-state index contributed by atoms with van der Waals surface area (Å²) in [7, 11) is 0. The van der Waals surface area contributed by atoms with E-state index in [4.69, 9.17) is 0 Å². The summed E-state index contributed by atoms with van der Waals surface area (Å²) in [6.07, 6.45) is 6.36. The Bertz CT molecular complexity index is 671. The topological polar surface area (TPSA) is 34.9 Å². The average molecular weight is 222 g/mol. The highest BCUT2D eigenvalue weighted by molar-refractivity contribution is 5.97. The standard InChI is InChI=1S/C14H10N2O/c17-10-11-2-1-3-14-13(11)6-9-16(14)12-4-7-15-8-5-12/h1-10H. The van der Waals surface area contributed by atoms with Crippen LogP contribution < -0.4 is 0 Å². The van der Waals surface area contributed by atoms with Gasteiger partial charge >= 0.3 is 0 Å². The van der Waals surface area contributed by atoms with Crippen molar-refractivity contribution in [2.45, 2.75) is 0 Å². The zero-order chi connectivity index (χ0) is 11.7. The smallest absolute Gasteiger partial charge is 0.150 e. The molecule has 0 N–H and O–H groups in total. The Morgan fingerprint density at radius 2 is 1.88 bits per heavy atom. The van der Waals surface area contributed by atoms with Gasteiger partial charge in [-0.1, -0.05) is 12.1 Å². The molecule has 1 aromatic carbocycles. The molecule has 0 saturated carbocycles. The van der Waals surface area contributed by atoms with Crippen molar-refractivity contribution >= 4 is 17.2 Å². The van der Waals surface area contributed by atoms with Crippen LogP contribution in [0.5, 0.6) is 0 Å². The third kappa shape index (κ3) is 1.52. The van der Waals surface area contributed by atoms with Crippen molar-refractivity contribution < 1.29 is 4.79 Å². The fourth-order valence-corrected chi connectivity index (χ4v) is 2.02. The lowest BCUT2D eigenvalue weighted by Crippen LogP contribution is -1.92. The molecule has 2 aromatic heterocycles. The van der Waals surface area contributed by atoms with Crippen molar-refractivity contribution in [1.29, 1.82) is 0 Å². The highest BCUT2D eigenvalue weighted by atomic mass is 16.1. The van der Waals surface area contributed by atoms with E-state index in [2.05, 4.69) is 4.98 Å². The number of carbonyl (C=O) groups is 1. The summed E-state index contributed by atoms with van der Waals surface area (Å²) in [6, 6.07) is 11.6. The minimum Gasteiger partial charge on any atom is -0.316 e. The quantitative estimate of drug-likeness (QED) is 0.625. The number of aromatic nitrogens is 2. The fraction of sp³-hybridized carbons (Fsp3) is 0. The maximum absolute atomic E-state index is 10.9. The third-order valence-electron chi connectivity index (χ3n) is 2.83. The Labute approximate surface area is 98.3 Å².